The Morgan fingerprint density at radius 1 is 1.38 bits per heavy atom. The van der Waals surface area contributed by atoms with Crippen LogP contribution in [0.15, 0.2) is 15.9 Å². The number of fused-ring (bicyclic) bond motifs is 1. The van der Waals surface area contributed by atoms with Crippen LogP contribution in [0.4, 0.5) is 0 Å². The molecule has 26 heavy (non-hydrogen) atoms. The van der Waals surface area contributed by atoms with Crippen LogP contribution in [0.2, 0.25) is 0 Å². The van der Waals surface area contributed by atoms with Gasteiger partial charge in [0.05, 0.1) is 6.33 Å². The highest BCUT2D eigenvalue weighted by Gasteiger charge is 2.27. The van der Waals surface area contributed by atoms with Gasteiger partial charge in [0.15, 0.2) is 11.2 Å². The van der Waals surface area contributed by atoms with E-state index in [1.54, 1.807) is 23.6 Å². The number of carbonyl (C=O) groups is 1. The lowest BCUT2D eigenvalue weighted by molar-refractivity contribution is -0.133. The number of likely N-dealkylation sites (tertiary alicyclic amines) is 1. The number of aromatic nitrogens is 4. The second-order valence-corrected chi connectivity index (χ2v) is 6.86. The average molecular weight is 385 g/mol. The van der Waals surface area contributed by atoms with Crippen LogP contribution in [0.25, 0.3) is 11.2 Å². The fourth-order valence-corrected chi connectivity index (χ4v) is 3.44. The average Bonchev–Trinajstić information content (AvgIpc) is 2.98. The summed E-state index contributed by atoms with van der Waals surface area (Å²) in [6.45, 7) is 2.87. The Labute approximate surface area is 156 Å². The number of aryl methyl sites for hydroxylation is 2. The van der Waals surface area contributed by atoms with Gasteiger partial charge in [0.1, 0.15) is 6.54 Å². The van der Waals surface area contributed by atoms with Crippen LogP contribution in [-0.2, 0) is 25.4 Å². The van der Waals surface area contributed by atoms with Crippen molar-refractivity contribution in [2.75, 3.05) is 13.1 Å². The molecule has 0 saturated carbocycles. The predicted octanol–water partition coefficient (Wildman–Crippen LogP) is -0.559. The van der Waals surface area contributed by atoms with Gasteiger partial charge in [-0.2, -0.15) is 0 Å². The van der Waals surface area contributed by atoms with Gasteiger partial charge in [0, 0.05) is 33.2 Å². The molecule has 1 aliphatic rings. The molecule has 1 aliphatic heterocycles. The van der Waals surface area contributed by atoms with Gasteiger partial charge in [0.2, 0.25) is 5.91 Å². The van der Waals surface area contributed by atoms with Gasteiger partial charge in [-0.25, -0.2) is 14.3 Å². The summed E-state index contributed by atoms with van der Waals surface area (Å²) in [5, 5.41) is 0. The van der Waals surface area contributed by atoms with Gasteiger partial charge < -0.3 is 15.2 Å². The summed E-state index contributed by atoms with van der Waals surface area (Å²) in [5.41, 5.74) is 5.55. The van der Waals surface area contributed by atoms with Gasteiger partial charge in [-0.3, -0.25) is 14.2 Å². The lowest BCUT2D eigenvalue weighted by Crippen LogP contribution is -2.49. The maximum atomic E-state index is 12.7. The van der Waals surface area contributed by atoms with E-state index < -0.39 is 11.2 Å². The molecule has 2 atom stereocenters. The number of piperidine rings is 1. The summed E-state index contributed by atoms with van der Waals surface area (Å²) in [4.78, 5) is 43.6. The summed E-state index contributed by atoms with van der Waals surface area (Å²) in [7, 11) is 3.23. The number of imidazole rings is 1. The van der Waals surface area contributed by atoms with Crippen molar-refractivity contribution in [2.24, 2.45) is 25.7 Å². The monoisotopic (exact) mass is 384 g/mol. The second-order valence-electron chi connectivity index (χ2n) is 6.86. The Balaban J connectivity index is 0.00000243. The van der Waals surface area contributed by atoms with Crippen LogP contribution in [0.5, 0.6) is 0 Å². The highest BCUT2D eigenvalue weighted by atomic mass is 35.5. The molecular formula is C16H25ClN6O3. The fourth-order valence-electron chi connectivity index (χ4n) is 3.44. The first-order chi connectivity index (χ1) is 11.8. The van der Waals surface area contributed by atoms with Crippen molar-refractivity contribution >= 4 is 29.5 Å². The lowest BCUT2D eigenvalue weighted by Gasteiger charge is -2.34. The topological polar surface area (TPSA) is 108 Å². The molecule has 1 amide bonds. The molecular weight excluding hydrogens is 360 g/mol. The molecule has 2 N–H and O–H groups in total. The quantitative estimate of drug-likeness (QED) is 0.763. The van der Waals surface area contributed by atoms with Crippen molar-refractivity contribution in [3.05, 3.63) is 27.2 Å². The van der Waals surface area contributed by atoms with E-state index in [0.717, 1.165) is 17.4 Å². The SMILES string of the molecule is CC(N)C1CCCN(C(=O)Cn2c(=O)c3c(ncn3C)n(C)c2=O)C1.Cl. The van der Waals surface area contributed by atoms with Crippen molar-refractivity contribution in [2.45, 2.75) is 32.4 Å². The van der Waals surface area contributed by atoms with Gasteiger partial charge >= 0.3 is 5.69 Å². The molecule has 144 valence electrons. The van der Waals surface area contributed by atoms with E-state index in [-0.39, 0.29) is 36.8 Å². The highest BCUT2D eigenvalue weighted by molar-refractivity contribution is 5.85. The first kappa shape index (κ1) is 20.2. The van der Waals surface area contributed by atoms with Gasteiger partial charge in [0.25, 0.3) is 5.56 Å². The number of hydrogen-bond donors (Lipinski definition) is 1. The van der Waals surface area contributed by atoms with Crippen LogP contribution in [-0.4, -0.2) is 48.6 Å². The molecule has 3 rings (SSSR count). The number of amides is 1. The Hall–Kier alpha value is -2.13. The lowest BCUT2D eigenvalue weighted by atomic mass is 9.92. The van der Waals surface area contributed by atoms with Crippen LogP contribution in [0, 0.1) is 5.92 Å². The molecule has 0 bridgehead atoms. The predicted molar refractivity (Wildman–Crippen MR) is 100 cm³/mol. The van der Waals surface area contributed by atoms with E-state index in [9.17, 15) is 14.4 Å². The zero-order chi connectivity index (χ0) is 18.3. The Kier molecular flexibility index (Phi) is 5.92. The van der Waals surface area contributed by atoms with E-state index in [4.69, 9.17) is 5.73 Å². The third-order valence-corrected chi connectivity index (χ3v) is 5.05. The molecule has 3 heterocycles. The highest BCUT2D eigenvalue weighted by Crippen LogP contribution is 2.18. The summed E-state index contributed by atoms with van der Waals surface area (Å²) in [6, 6.07) is 0.0111. The normalized spacial score (nSPS) is 18.6. The van der Waals surface area contributed by atoms with Crippen molar-refractivity contribution in [3.8, 4) is 0 Å². The van der Waals surface area contributed by atoms with Crippen molar-refractivity contribution in [3.63, 3.8) is 0 Å². The number of nitrogens with zero attached hydrogens (tertiary/aromatic N) is 5. The molecule has 9 nitrogen and oxygen atoms in total. The van der Waals surface area contributed by atoms with Gasteiger partial charge in [-0.15, -0.1) is 12.4 Å². The number of hydrogen-bond acceptors (Lipinski definition) is 5. The molecule has 2 aromatic rings. The Morgan fingerprint density at radius 3 is 2.73 bits per heavy atom. The summed E-state index contributed by atoms with van der Waals surface area (Å²) >= 11 is 0. The van der Waals surface area contributed by atoms with Crippen molar-refractivity contribution < 1.29 is 4.79 Å². The molecule has 2 aromatic heterocycles. The Bertz CT molecular complexity index is 928. The van der Waals surface area contributed by atoms with Crippen molar-refractivity contribution in [1.82, 2.24) is 23.6 Å². The number of carbonyl (C=O) groups excluding carboxylic acids is 1. The molecule has 1 fully saturated rings. The van der Waals surface area contributed by atoms with Crippen molar-refractivity contribution in [1.29, 1.82) is 0 Å². The zero-order valence-electron chi connectivity index (χ0n) is 15.2. The summed E-state index contributed by atoms with van der Waals surface area (Å²) in [5.74, 6) is 0.0166. The smallest absolute Gasteiger partial charge is 0.332 e. The first-order valence-corrected chi connectivity index (χ1v) is 8.45. The minimum absolute atomic E-state index is 0. The third kappa shape index (κ3) is 3.41. The molecule has 0 spiro atoms. The Morgan fingerprint density at radius 2 is 2.08 bits per heavy atom. The maximum Gasteiger partial charge on any atom is 0.332 e. The second kappa shape index (κ2) is 7.63. The molecule has 0 radical (unpaired) electrons. The van der Waals surface area contributed by atoms with Crippen LogP contribution < -0.4 is 17.0 Å². The van der Waals surface area contributed by atoms with E-state index in [2.05, 4.69) is 4.98 Å². The standard InChI is InChI=1S/C16H24N6O3.ClH/c1-10(17)11-5-4-6-21(7-11)12(23)8-22-15(24)13-14(18-9-19(13)2)20(3)16(22)25;/h9-11H,4-8,17H2,1-3H3;1H. The fraction of sp³-hybridized carbons (Fsp3) is 0.625. The minimum atomic E-state index is -0.537. The first-order valence-electron chi connectivity index (χ1n) is 8.45. The van der Waals surface area contributed by atoms with E-state index in [1.807, 2.05) is 6.92 Å². The summed E-state index contributed by atoms with van der Waals surface area (Å²) < 4.78 is 3.85. The van der Waals surface area contributed by atoms with E-state index in [0.29, 0.717) is 24.3 Å². The van der Waals surface area contributed by atoms with Crippen LogP contribution in [0.1, 0.15) is 19.8 Å². The number of rotatable bonds is 3. The van der Waals surface area contributed by atoms with Gasteiger partial charge in [-0.1, -0.05) is 0 Å². The minimum Gasteiger partial charge on any atom is -0.341 e. The molecule has 0 aromatic carbocycles. The molecule has 2 unspecified atom stereocenters. The largest absolute Gasteiger partial charge is 0.341 e. The van der Waals surface area contributed by atoms with E-state index >= 15 is 0 Å². The number of halogens is 1. The van der Waals surface area contributed by atoms with Gasteiger partial charge in [-0.05, 0) is 25.7 Å². The molecule has 0 aliphatic carbocycles. The molecule has 1 saturated heterocycles. The van der Waals surface area contributed by atoms with Crippen LogP contribution in [0.3, 0.4) is 0 Å². The summed E-state index contributed by atoms with van der Waals surface area (Å²) in [6.07, 6.45) is 3.35. The van der Waals surface area contributed by atoms with E-state index in [1.165, 1.54) is 10.9 Å². The van der Waals surface area contributed by atoms with Crippen LogP contribution >= 0.6 is 12.4 Å². The zero-order valence-corrected chi connectivity index (χ0v) is 16.0. The molecule has 10 heteroatoms. The number of nitrogens with two attached hydrogens (primary N) is 1. The maximum absolute atomic E-state index is 12.7. The third-order valence-electron chi connectivity index (χ3n) is 5.05.